The van der Waals surface area contributed by atoms with Crippen molar-refractivity contribution in [2.45, 2.75) is 30.7 Å². The van der Waals surface area contributed by atoms with E-state index in [1.54, 1.807) is 31.4 Å². The van der Waals surface area contributed by atoms with Gasteiger partial charge in [0.2, 0.25) is 10.0 Å². The van der Waals surface area contributed by atoms with Gasteiger partial charge in [0, 0.05) is 6.54 Å². The number of sulfonamides is 1. The molecule has 0 fully saturated rings. The Morgan fingerprint density at radius 3 is 2.34 bits per heavy atom. The maximum absolute atomic E-state index is 13.6. The molecule has 1 aliphatic heterocycles. The van der Waals surface area contributed by atoms with Crippen molar-refractivity contribution in [3.63, 3.8) is 0 Å². The highest BCUT2D eigenvalue weighted by Crippen LogP contribution is 2.42. The van der Waals surface area contributed by atoms with Crippen LogP contribution in [0.3, 0.4) is 0 Å². The van der Waals surface area contributed by atoms with Crippen molar-refractivity contribution in [1.82, 2.24) is 4.31 Å². The Kier molecular flexibility index (Phi) is 6.01. The van der Waals surface area contributed by atoms with E-state index in [0.29, 0.717) is 17.9 Å². The summed E-state index contributed by atoms with van der Waals surface area (Å²) in [6.45, 7) is 2.09. The fourth-order valence-corrected chi connectivity index (χ4v) is 5.55. The van der Waals surface area contributed by atoms with Gasteiger partial charge in [0.25, 0.3) is 0 Å². The maximum Gasteiger partial charge on any atom is 0.247 e. The van der Waals surface area contributed by atoms with Gasteiger partial charge in [-0.3, -0.25) is 0 Å². The molecule has 1 atom stereocenters. The third-order valence-corrected chi connectivity index (χ3v) is 7.07. The molecular formula is C21H24N2O5S. The van der Waals surface area contributed by atoms with E-state index >= 15 is 0 Å². The fraction of sp³-hybridized carbons (Fsp3) is 0.381. The molecule has 154 valence electrons. The van der Waals surface area contributed by atoms with E-state index in [1.807, 2.05) is 13.0 Å². The Balaban J connectivity index is 2.14. The van der Waals surface area contributed by atoms with Crippen LogP contribution in [0.5, 0.6) is 17.2 Å². The smallest absolute Gasteiger partial charge is 0.247 e. The summed E-state index contributed by atoms with van der Waals surface area (Å²) >= 11 is 0. The summed E-state index contributed by atoms with van der Waals surface area (Å²) in [5.41, 5.74) is 2.52. The van der Waals surface area contributed by atoms with Crippen molar-refractivity contribution < 1.29 is 22.6 Å². The molecule has 2 aromatic carbocycles. The molecule has 29 heavy (non-hydrogen) atoms. The summed E-state index contributed by atoms with van der Waals surface area (Å²) in [7, 11) is 0.635. The summed E-state index contributed by atoms with van der Waals surface area (Å²) < 4.78 is 44.6. The molecule has 0 radical (unpaired) electrons. The van der Waals surface area contributed by atoms with Crippen LogP contribution in [0.1, 0.15) is 29.2 Å². The van der Waals surface area contributed by atoms with Gasteiger partial charge in [-0.25, -0.2) is 8.42 Å². The molecule has 0 amide bonds. The zero-order chi connectivity index (χ0) is 21.2. The number of fused-ring (bicyclic) bond motifs is 1. The summed E-state index contributed by atoms with van der Waals surface area (Å²) in [5.74, 6) is 1.37. The zero-order valence-electron chi connectivity index (χ0n) is 16.9. The maximum atomic E-state index is 13.6. The lowest BCUT2D eigenvalue weighted by Crippen LogP contribution is -2.40. The Labute approximate surface area is 171 Å². The Bertz CT molecular complexity index is 1060. The van der Waals surface area contributed by atoms with E-state index in [2.05, 4.69) is 6.07 Å². The molecule has 0 aromatic heterocycles. The number of methoxy groups -OCH3 is 3. The van der Waals surface area contributed by atoms with E-state index < -0.39 is 16.1 Å². The van der Waals surface area contributed by atoms with Gasteiger partial charge >= 0.3 is 0 Å². The first kappa shape index (κ1) is 21.0. The van der Waals surface area contributed by atoms with Crippen molar-refractivity contribution in [3.8, 4) is 23.3 Å². The minimum atomic E-state index is -3.89. The lowest BCUT2D eigenvalue weighted by molar-refractivity contribution is 0.304. The van der Waals surface area contributed by atoms with E-state index in [4.69, 9.17) is 14.2 Å². The Hall–Kier alpha value is -2.76. The van der Waals surface area contributed by atoms with Gasteiger partial charge in [-0.1, -0.05) is 6.07 Å². The normalized spacial score (nSPS) is 16.6. The van der Waals surface area contributed by atoms with Gasteiger partial charge in [-0.05, 0) is 54.3 Å². The molecule has 0 aliphatic carbocycles. The first-order valence-electron chi connectivity index (χ1n) is 9.15. The van der Waals surface area contributed by atoms with Crippen LogP contribution < -0.4 is 14.2 Å². The second kappa shape index (κ2) is 8.31. The summed E-state index contributed by atoms with van der Waals surface area (Å²) in [4.78, 5) is 0.104. The number of hydrogen-bond donors (Lipinski definition) is 0. The number of nitriles is 1. The highest BCUT2D eigenvalue weighted by atomic mass is 32.2. The lowest BCUT2D eigenvalue weighted by Gasteiger charge is -2.36. The molecule has 8 heteroatoms. The average Bonchev–Trinajstić information content (AvgIpc) is 2.72. The predicted octanol–water partition coefficient (Wildman–Crippen LogP) is 3.22. The molecule has 3 rings (SSSR count). The van der Waals surface area contributed by atoms with E-state index in [1.165, 1.54) is 18.5 Å². The number of ether oxygens (including phenoxy) is 3. The molecule has 0 spiro atoms. The van der Waals surface area contributed by atoms with Crippen molar-refractivity contribution in [2.24, 2.45) is 0 Å². The van der Waals surface area contributed by atoms with Gasteiger partial charge in [0.05, 0.1) is 39.9 Å². The number of hydrogen-bond acceptors (Lipinski definition) is 6. The van der Waals surface area contributed by atoms with Crippen LogP contribution in [-0.4, -0.2) is 40.6 Å². The van der Waals surface area contributed by atoms with Crippen molar-refractivity contribution in [3.05, 3.63) is 47.0 Å². The standard InChI is InChI=1S/C21H24N2O5S/c1-14-5-6-18(26-2)21(11-14)29(24,25)23-10-8-15-12-19(27-3)20(28-4)13-16(15)17(23)7-9-22/h5-6,11-13,17H,7-8,10H2,1-4H3. The van der Waals surface area contributed by atoms with Gasteiger partial charge in [0.15, 0.2) is 11.5 Å². The number of rotatable bonds is 6. The lowest BCUT2D eigenvalue weighted by atomic mass is 9.92. The largest absolute Gasteiger partial charge is 0.495 e. The SMILES string of the molecule is COc1cc2c(cc1OC)C(CC#N)N(S(=O)(=O)c1cc(C)ccc1OC)CC2. The topological polar surface area (TPSA) is 88.9 Å². The predicted molar refractivity (Wildman–Crippen MR) is 108 cm³/mol. The molecule has 7 nitrogen and oxygen atoms in total. The first-order chi connectivity index (χ1) is 13.9. The van der Waals surface area contributed by atoms with E-state index in [0.717, 1.165) is 16.7 Å². The highest BCUT2D eigenvalue weighted by molar-refractivity contribution is 7.89. The minimum Gasteiger partial charge on any atom is -0.495 e. The monoisotopic (exact) mass is 416 g/mol. The second-order valence-corrected chi connectivity index (χ2v) is 8.66. The molecular weight excluding hydrogens is 392 g/mol. The first-order valence-corrected chi connectivity index (χ1v) is 10.6. The van der Waals surface area contributed by atoms with Crippen LogP contribution in [0.25, 0.3) is 0 Å². The van der Waals surface area contributed by atoms with Crippen molar-refractivity contribution in [1.29, 1.82) is 5.26 Å². The fourth-order valence-electron chi connectivity index (χ4n) is 3.70. The van der Waals surface area contributed by atoms with Crippen LogP contribution in [0.15, 0.2) is 35.2 Å². The highest BCUT2D eigenvalue weighted by Gasteiger charge is 2.38. The molecule has 0 bridgehead atoms. The van der Waals surface area contributed by atoms with Crippen LogP contribution in [-0.2, 0) is 16.4 Å². The number of benzene rings is 2. The van der Waals surface area contributed by atoms with Gasteiger partial charge in [-0.15, -0.1) is 0 Å². The third-order valence-electron chi connectivity index (χ3n) is 5.14. The van der Waals surface area contributed by atoms with E-state index in [-0.39, 0.29) is 23.6 Å². The molecule has 2 aromatic rings. The molecule has 1 unspecified atom stereocenters. The summed E-state index contributed by atoms with van der Waals surface area (Å²) in [6.07, 6.45) is 0.529. The third kappa shape index (κ3) is 3.76. The van der Waals surface area contributed by atoms with E-state index in [9.17, 15) is 13.7 Å². The number of aryl methyl sites for hydroxylation is 1. The van der Waals surface area contributed by atoms with Crippen molar-refractivity contribution >= 4 is 10.0 Å². The average molecular weight is 416 g/mol. The van der Waals surface area contributed by atoms with Gasteiger partial charge < -0.3 is 14.2 Å². The quantitative estimate of drug-likeness (QED) is 0.718. The Morgan fingerprint density at radius 1 is 1.07 bits per heavy atom. The van der Waals surface area contributed by atoms with Crippen molar-refractivity contribution in [2.75, 3.05) is 27.9 Å². The number of nitrogens with zero attached hydrogens (tertiary/aromatic N) is 2. The Morgan fingerprint density at radius 2 is 1.72 bits per heavy atom. The second-order valence-electron chi connectivity index (χ2n) is 6.80. The minimum absolute atomic E-state index is 0.0237. The molecule has 0 saturated heterocycles. The summed E-state index contributed by atoms with van der Waals surface area (Å²) in [6, 6.07) is 10.2. The molecule has 1 heterocycles. The van der Waals surface area contributed by atoms with Crippen LogP contribution in [0.4, 0.5) is 0 Å². The van der Waals surface area contributed by atoms with Crippen LogP contribution in [0, 0.1) is 18.3 Å². The van der Waals surface area contributed by atoms with Crippen LogP contribution >= 0.6 is 0 Å². The van der Waals surface area contributed by atoms with Gasteiger partial charge in [0.1, 0.15) is 10.6 Å². The van der Waals surface area contributed by atoms with Gasteiger partial charge in [-0.2, -0.15) is 9.57 Å². The van der Waals surface area contributed by atoms with Crippen LogP contribution in [0.2, 0.25) is 0 Å². The molecule has 0 saturated carbocycles. The summed E-state index contributed by atoms with van der Waals surface area (Å²) in [5, 5.41) is 9.42. The molecule has 1 aliphatic rings. The molecule has 0 N–H and O–H groups in total. The zero-order valence-corrected chi connectivity index (χ0v) is 17.7.